The van der Waals surface area contributed by atoms with Crippen molar-refractivity contribution in [3.8, 4) is 0 Å². The Hall–Kier alpha value is -1.70. The van der Waals surface area contributed by atoms with Crippen LogP contribution in [0, 0.1) is 0 Å². The van der Waals surface area contributed by atoms with Crippen molar-refractivity contribution in [3.63, 3.8) is 0 Å². The van der Waals surface area contributed by atoms with Crippen LogP contribution in [0.2, 0.25) is 0 Å². The predicted octanol–water partition coefficient (Wildman–Crippen LogP) is 13.1. The molecule has 0 rings (SSSR count). The lowest BCUT2D eigenvalue weighted by Crippen LogP contribution is -2.46. The van der Waals surface area contributed by atoms with Gasteiger partial charge in [0.1, 0.15) is 0 Å². The molecule has 0 bridgehead atoms. The number of hydrogen-bond acceptors (Lipinski definition) is 4. The largest absolute Gasteiger partial charge is 0.387 e. The van der Waals surface area contributed by atoms with Gasteiger partial charge in [0.25, 0.3) is 10.1 Å². The van der Waals surface area contributed by atoms with E-state index in [1.807, 2.05) is 6.08 Å². The Bertz CT molecular complexity index is 1000. The summed E-state index contributed by atoms with van der Waals surface area (Å²) in [5, 5.41) is 13.2. The zero-order valence-corrected chi connectivity index (χ0v) is 34.7. The molecule has 0 aromatic carbocycles. The normalized spacial score (nSPS) is 13.7. The molecule has 0 spiro atoms. The van der Waals surface area contributed by atoms with Gasteiger partial charge in [-0.25, -0.2) is 0 Å². The lowest BCUT2D eigenvalue weighted by Gasteiger charge is -2.21. The van der Waals surface area contributed by atoms with Gasteiger partial charge in [-0.05, 0) is 64.2 Å². The van der Waals surface area contributed by atoms with Crippen LogP contribution in [-0.4, -0.2) is 41.9 Å². The summed E-state index contributed by atoms with van der Waals surface area (Å²) in [6.45, 7) is 4.51. The Kier molecular flexibility index (Phi) is 37.7. The highest BCUT2D eigenvalue weighted by atomic mass is 32.2. The monoisotopic (exact) mass is 750 g/mol. The minimum Gasteiger partial charge on any atom is -0.387 e. The average molecular weight is 750 g/mol. The maximum absolute atomic E-state index is 12.5. The second-order valence-corrected chi connectivity index (χ2v) is 16.5. The maximum atomic E-state index is 12.5. The topological polar surface area (TPSA) is 104 Å². The van der Waals surface area contributed by atoms with Crippen molar-refractivity contribution in [2.45, 2.75) is 225 Å². The van der Waals surface area contributed by atoms with E-state index < -0.39 is 28.0 Å². The van der Waals surface area contributed by atoms with Gasteiger partial charge in [0.2, 0.25) is 5.91 Å². The third-order valence-electron chi connectivity index (χ3n) is 9.73. The third kappa shape index (κ3) is 39.5. The highest BCUT2D eigenvalue weighted by molar-refractivity contribution is 7.85. The molecule has 1 amide bonds. The van der Waals surface area contributed by atoms with E-state index in [2.05, 4.69) is 55.6 Å². The van der Waals surface area contributed by atoms with E-state index in [1.54, 1.807) is 0 Å². The standard InChI is InChI=1S/C45H83NO5S/c1-3-5-7-9-11-13-15-17-19-21-22-23-24-25-27-29-31-33-35-37-39-41-45(48)46-43(42-52(49,50)51)44(47)40-38-36-34-32-30-28-26-20-18-16-14-12-10-8-6-4-2/h15,17,21-22,30,32,38,40,43-44,47H,3-14,16,18-20,23-29,31,33-37,39,41-42H2,1-2H3,(H,46,48)(H,49,50,51)/b17-15-,22-21-,32-30+,40-38+. The quantitative estimate of drug-likeness (QED) is 0.0330. The molecular formula is C45H83NO5S. The number of nitrogens with one attached hydrogen (secondary N) is 1. The maximum Gasteiger partial charge on any atom is 0.267 e. The Balaban J connectivity index is 3.93. The highest BCUT2D eigenvalue weighted by Gasteiger charge is 2.24. The van der Waals surface area contributed by atoms with Crippen LogP contribution in [-0.2, 0) is 14.9 Å². The van der Waals surface area contributed by atoms with Crippen LogP contribution >= 0.6 is 0 Å². The van der Waals surface area contributed by atoms with Gasteiger partial charge in [0.05, 0.1) is 17.9 Å². The van der Waals surface area contributed by atoms with Crippen LogP contribution < -0.4 is 5.32 Å². The van der Waals surface area contributed by atoms with Crippen LogP contribution in [0.5, 0.6) is 0 Å². The molecule has 0 saturated heterocycles. The van der Waals surface area contributed by atoms with Gasteiger partial charge in [-0.1, -0.05) is 191 Å². The van der Waals surface area contributed by atoms with E-state index >= 15 is 0 Å². The summed E-state index contributed by atoms with van der Waals surface area (Å²) in [6, 6.07) is -1.08. The molecule has 0 radical (unpaired) electrons. The summed E-state index contributed by atoms with van der Waals surface area (Å²) in [7, 11) is -4.36. The molecule has 0 saturated carbocycles. The van der Waals surface area contributed by atoms with Gasteiger partial charge in [0.15, 0.2) is 0 Å². The number of aliphatic hydroxyl groups is 1. The molecule has 0 aliphatic carbocycles. The van der Waals surface area contributed by atoms with Crippen molar-refractivity contribution < 1.29 is 22.9 Å². The fourth-order valence-corrected chi connectivity index (χ4v) is 7.17. The number of hydrogen-bond donors (Lipinski definition) is 3. The first kappa shape index (κ1) is 50.3. The van der Waals surface area contributed by atoms with Crippen molar-refractivity contribution in [3.05, 3.63) is 48.6 Å². The Morgan fingerprint density at radius 2 is 0.885 bits per heavy atom. The highest BCUT2D eigenvalue weighted by Crippen LogP contribution is 2.14. The number of allylic oxidation sites excluding steroid dienone is 7. The first-order chi connectivity index (χ1) is 25.3. The minimum atomic E-state index is -4.36. The molecule has 304 valence electrons. The van der Waals surface area contributed by atoms with Crippen molar-refractivity contribution >= 4 is 16.0 Å². The summed E-state index contributed by atoms with van der Waals surface area (Å²) < 4.78 is 32.5. The number of carbonyl (C=O) groups excluding carboxylic acids is 1. The third-order valence-corrected chi connectivity index (χ3v) is 10.5. The first-order valence-electron chi connectivity index (χ1n) is 21.8. The zero-order valence-electron chi connectivity index (χ0n) is 33.9. The molecule has 3 N–H and O–H groups in total. The van der Waals surface area contributed by atoms with Gasteiger partial charge in [0, 0.05) is 6.42 Å². The molecule has 2 atom stereocenters. The summed E-state index contributed by atoms with van der Waals surface area (Å²) in [5.41, 5.74) is 0. The smallest absolute Gasteiger partial charge is 0.267 e. The molecule has 0 aliphatic heterocycles. The van der Waals surface area contributed by atoms with E-state index in [0.717, 1.165) is 44.9 Å². The zero-order chi connectivity index (χ0) is 38.2. The van der Waals surface area contributed by atoms with Gasteiger partial charge >= 0.3 is 0 Å². The average Bonchev–Trinajstić information content (AvgIpc) is 3.11. The van der Waals surface area contributed by atoms with Crippen LogP contribution in [0.4, 0.5) is 0 Å². The Labute approximate surface area is 322 Å². The first-order valence-corrected chi connectivity index (χ1v) is 23.4. The lowest BCUT2D eigenvalue weighted by molar-refractivity contribution is -0.122. The second-order valence-electron chi connectivity index (χ2n) is 15.0. The van der Waals surface area contributed by atoms with Crippen LogP contribution in [0.25, 0.3) is 0 Å². The fraction of sp³-hybridized carbons (Fsp3) is 0.800. The molecular weight excluding hydrogens is 667 g/mol. The number of aliphatic hydroxyl groups excluding tert-OH is 1. The lowest BCUT2D eigenvalue weighted by atomic mass is 10.1. The van der Waals surface area contributed by atoms with Gasteiger partial charge in [-0.15, -0.1) is 0 Å². The Morgan fingerprint density at radius 3 is 1.33 bits per heavy atom. The van der Waals surface area contributed by atoms with E-state index in [9.17, 15) is 22.9 Å². The molecule has 2 unspecified atom stereocenters. The summed E-state index contributed by atoms with van der Waals surface area (Å²) >= 11 is 0. The van der Waals surface area contributed by atoms with E-state index in [-0.39, 0.29) is 12.3 Å². The molecule has 6 nitrogen and oxygen atoms in total. The van der Waals surface area contributed by atoms with Crippen molar-refractivity contribution in [1.82, 2.24) is 5.32 Å². The number of rotatable bonds is 39. The molecule has 0 heterocycles. The van der Waals surface area contributed by atoms with Crippen LogP contribution in [0.15, 0.2) is 48.6 Å². The molecule has 0 aromatic heterocycles. The SMILES string of the molecule is CCCCCCC/C=C\C/C=C\CCCCCCCCCCCC(=O)NC(CS(=O)(=O)O)C(O)/C=C/CC/C=C/CCCCCCCCCCCC. The molecule has 0 fully saturated rings. The Morgan fingerprint density at radius 1 is 0.519 bits per heavy atom. The molecule has 7 heteroatoms. The van der Waals surface area contributed by atoms with E-state index in [0.29, 0.717) is 6.42 Å². The second kappa shape index (κ2) is 39.0. The summed E-state index contributed by atoms with van der Waals surface area (Å²) in [5.74, 6) is -1.01. The fourth-order valence-electron chi connectivity index (χ4n) is 6.44. The van der Waals surface area contributed by atoms with E-state index in [1.165, 1.54) is 147 Å². The van der Waals surface area contributed by atoms with Crippen LogP contribution in [0.1, 0.15) is 213 Å². The number of carbonyl (C=O) groups is 1. The molecule has 52 heavy (non-hydrogen) atoms. The van der Waals surface area contributed by atoms with Crippen LogP contribution in [0.3, 0.4) is 0 Å². The number of unbranched alkanes of at least 4 members (excludes halogenated alkanes) is 25. The minimum absolute atomic E-state index is 0.282. The van der Waals surface area contributed by atoms with Crippen molar-refractivity contribution in [1.29, 1.82) is 0 Å². The van der Waals surface area contributed by atoms with Gasteiger partial charge < -0.3 is 10.4 Å². The number of amides is 1. The summed E-state index contributed by atoms with van der Waals surface area (Å²) in [6.07, 6.45) is 52.4. The van der Waals surface area contributed by atoms with Crippen molar-refractivity contribution in [2.24, 2.45) is 0 Å². The molecule has 0 aliphatic rings. The summed E-state index contributed by atoms with van der Waals surface area (Å²) in [4.78, 5) is 12.5. The molecule has 0 aromatic rings. The van der Waals surface area contributed by atoms with Gasteiger partial charge in [-0.2, -0.15) is 8.42 Å². The van der Waals surface area contributed by atoms with Gasteiger partial charge in [-0.3, -0.25) is 9.35 Å². The van der Waals surface area contributed by atoms with Crippen molar-refractivity contribution in [2.75, 3.05) is 5.75 Å². The van der Waals surface area contributed by atoms with E-state index in [4.69, 9.17) is 0 Å². The predicted molar refractivity (Wildman–Crippen MR) is 225 cm³/mol.